The number of ether oxygens (including phenoxy) is 1. The van der Waals surface area contributed by atoms with Crippen LogP contribution >= 0.6 is 0 Å². The lowest BCUT2D eigenvalue weighted by Gasteiger charge is -2.38. The van der Waals surface area contributed by atoms with Gasteiger partial charge in [0.05, 0.1) is 11.3 Å². The molecule has 0 N–H and O–H groups in total. The molecule has 1 saturated heterocycles. The first-order chi connectivity index (χ1) is 7.13. The number of hydrogen-bond acceptors (Lipinski definition) is 3. The summed E-state index contributed by atoms with van der Waals surface area (Å²) in [5.41, 5.74) is -0.482. The Morgan fingerprint density at radius 3 is 2.87 bits per heavy atom. The molecule has 0 spiro atoms. The van der Waals surface area contributed by atoms with Crippen molar-refractivity contribution in [2.75, 3.05) is 0 Å². The molecule has 3 unspecified atom stereocenters. The molecule has 0 amide bonds. The van der Waals surface area contributed by atoms with Crippen molar-refractivity contribution in [2.24, 2.45) is 17.3 Å². The van der Waals surface area contributed by atoms with Crippen LogP contribution in [0.3, 0.4) is 0 Å². The summed E-state index contributed by atoms with van der Waals surface area (Å²) >= 11 is 0. The van der Waals surface area contributed by atoms with Crippen molar-refractivity contribution in [1.29, 1.82) is 0 Å². The van der Waals surface area contributed by atoms with Crippen LogP contribution in [0.25, 0.3) is 0 Å². The monoisotopic (exact) mass is 210 g/mol. The van der Waals surface area contributed by atoms with Crippen molar-refractivity contribution in [2.45, 2.75) is 46.0 Å². The Morgan fingerprint density at radius 1 is 1.47 bits per heavy atom. The quantitative estimate of drug-likeness (QED) is 0.519. The van der Waals surface area contributed by atoms with E-state index >= 15 is 0 Å². The summed E-state index contributed by atoms with van der Waals surface area (Å²) in [7, 11) is 0. The van der Waals surface area contributed by atoms with E-state index in [-0.39, 0.29) is 23.8 Å². The minimum absolute atomic E-state index is 0.159. The molecule has 0 aromatic heterocycles. The Labute approximate surface area is 90.2 Å². The van der Waals surface area contributed by atoms with Crippen LogP contribution in [0.5, 0.6) is 0 Å². The molecule has 0 aromatic rings. The van der Waals surface area contributed by atoms with Crippen LogP contribution in [0, 0.1) is 17.3 Å². The maximum atomic E-state index is 11.9. The predicted molar refractivity (Wildman–Crippen MR) is 54.9 cm³/mol. The van der Waals surface area contributed by atoms with E-state index in [0.717, 1.165) is 32.1 Å². The third-order valence-electron chi connectivity index (χ3n) is 4.30. The highest BCUT2D eigenvalue weighted by Gasteiger charge is 2.60. The normalized spacial score (nSPS) is 37.3. The third kappa shape index (κ3) is 1.32. The first kappa shape index (κ1) is 10.7. The molecular formula is C12H18O3. The SMILES string of the molecule is CCC(C)C12CCCCC1C(=O)OC2=O. The molecule has 3 atom stereocenters. The van der Waals surface area contributed by atoms with Crippen LogP contribution in [0.1, 0.15) is 46.0 Å². The Morgan fingerprint density at radius 2 is 2.20 bits per heavy atom. The maximum Gasteiger partial charge on any atom is 0.320 e. The van der Waals surface area contributed by atoms with E-state index in [4.69, 9.17) is 4.74 Å². The Hall–Kier alpha value is -0.860. The molecule has 1 heterocycles. The van der Waals surface area contributed by atoms with Gasteiger partial charge >= 0.3 is 11.9 Å². The Kier molecular flexibility index (Phi) is 2.57. The zero-order valence-corrected chi connectivity index (χ0v) is 9.41. The summed E-state index contributed by atoms with van der Waals surface area (Å²) in [6, 6.07) is 0. The molecular weight excluding hydrogens is 192 g/mol. The molecule has 2 fully saturated rings. The number of esters is 2. The minimum atomic E-state index is -0.482. The highest BCUT2D eigenvalue weighted by Crippen LogP contribution is 2.52. The molecule has 2 aliphatic rings. The lowest BCUT2D eigenvalue weighted by molar-refractivity contribution is -0.156. The summed E-state index contributed by atoms with van der Waals surface area (Å²) in [5, 5.41) is 0. The van der Waals surface area contributed by atoms with E-state index in [2.05, 4.69) is 13.8 Å². The van der Waals surface area contributed by atoms with Gasteiger partial charge in [0, 0.05) is 0 Å². The topological polar surface area (TPSA) is 43.4 Å². The van der Waals surface area contributed by atoms with Crippen molar-refractivity contribution in [1.82, 2.24) is 0 Å². The van der Waals surface area contributed by atoms with Crippen molar-refractivity contribution in [3.8, 4) is 0 Å². The van der Waals surface area contributed by atoms with Crippen LogP contribution in [0.2, 0.25) is 0 Å². The highest BCUT2D eigenvalue weighted by atomic mass is 16.6. The van der Waals surface area contributed by atoms with Gasteiger partial charge in [-0.25, -0.2) is 0 Å². The second kappa shape index (κ2) is 3.62. The zero-order chi connectivity index (χ0) is 11.1. The van der Waals surface area contributed by atoms with Crippen LogP contribution < -0.4 is 0 Å². The van der Waals surface area contributed by atoms with E-state index in [9.17, 15) is 9.59 Å². The lowest BCUT2D eigenvalue weighted by Crippen LogP contribution is -2.42. The van der Waals surface area contributed by atoms with Crippen LogP contribution in [-0.4, -0.2) is 11.9 Å². The second-order valence-corrected chi connectivity index (χ2v) is 4.86. The van der Waals surface area contributed by atoms with Crippen LogP contribution in [0.15, 0.2) is 0 Å². The van der Waals surface area contributed by atoms with E-state index in [1.165, 1.54) is 0 Å². The molecule has 0 aromatic carbocycles. The zero-order valence-electron chi connectivity index (χ0n) is 9.41. The van der Waals surface area contributed by atoms with Gasteiger partial charge in [-0.15, -0.1) is 0 Å². The molecule has 1 aliphatic carbocycles. The number of hydrogen-bond donors (Lipinski definition) is 0. The van der Waals surface area contributed by atoms with E-state index in [1.54, 1.807) is 0 Å². The molecule has 0 radical (unpaired) electrons. The first-order valence-corrected chi connectivity index (χ1v) is 5.89. The van der Waals surface area contributed by atoms with Gasteiger partial charge in [0.2, 0.25) is 0 Å². The number of fused-ring (bicyclic) bond motifs is 1. The number of rotatable bonds is 2. The molecule has 3 nitrogen and oxygen atoms in total. The fourth-order valence-corrected chi connectivity index (χ4v) is 3.18. The summed E-state index contributed by atoms with van der Waals surface area (Å²) in [6.07, 6.45) is 4.68. The van der Waals surface area contributed by atoms with Crippen molar-refractivity contribution < 1.29 is 14.3 Å². The van der Waals surface area contributed by atoms with Crippen molar-refractivity contribution in [3.05, 3.63) is 0 Å². The van der Waals surface area contributed by atoms with Crippen molar-refractivity contribution in [3.63, 3.8) is 0 Å². The van der Waals surface area contributed by atoms with Crippen molar-refractivity contribution >= 4 is 11.9 Å². The van der Waals surface area contributed by atoms with E-state index in [0.29, 0.717) is 0 Å². The standard InChI is InChI=1S/C12H18O3/c1-3-8(2)12-7-5-4-6-9(12)10(13)15-11(12)14/h8-9H,3-7H2,1-2H3. The van der Waals surface area contributed by atoms with Crippen LogP contribution in [-0.2, 0) is 14.3 Å². The Balaban J connectivity index is 2.38. The van der Waals surface area contributed by atoms with Gasteiger partial charge in [0.1, 0.15) is 0 Å². The summed E-state index contributed by atoms with van der Waals surface area (Å²) in [5.74, 6) is -0.443. The largest absolute Gasteiger partial charge is 0.392 e. The molecule has 0 bridgehead atoms. The molecule has 1 saturated carbocycles. The molecule has 3 heteroatoms. The smallest absolute Gasteiger partial charge is 0.320 e. The Bertz CT molecular complexity index is 297. The molecule has 84 valence electrons. The van der Waals surface area contributed by atoms with Crippen LogP contribution in [0.4, 0.5) is 0 Å². The third-order valence-corrected chi connectivity index (χ3v) is 4.30. The first-order valence-electron chi connectivity index (χ1n) is 5.89. The average molecular weight is 210 g/mol. The number of cyclic esters (lactones) is 2. The van der Waals surface area contributed by atoms with Gasteiger partial charge in [-0.3, -0.25) is 9.59 Å². The lowest BCUT2D eigenvalue weighted by atomic mass is 9.60. The van der Waals surface area contributed by atoms with Gasteiger partial charge in [-0.2, -0.15) is 0 Å². The summed E-state index contributed by atoms with van der Waals surface area (Å²) < 4.78 is 4.86. The highest BCUT2D eigenvalue weighted by molar-refractivity contribution is 5.99. The van der Waals surface area contributed by atoms with Gasteiger partial charge in [-0.1, -0.05) is 33.1 Å². The van der Waals surface area contributed by atoms with E-state index in [1.807, 2.05) is 0 Å². The average Bonchev–Trinajstić information content (AvgIpc) is 2.52. The van der Waals surface area contributed by atoms with Gasteiger partial charge in [0.25, 0.3) is 0 Å². The molecule has 15 heavy (non-hydrogen) atoms. The van der Waals surface area contributed by atoms with E-state index < -0.39 is 5.41 Å². The minimum Gasteiger partial charge on any atom is -0.392 e. The summed E-state index contributed by atoms with van der Waals surface area (Å²) in [4.78, 5) is 23.5. The molecule has 1 aliphatic heterocycles. The van der Waals surface area contributed by atoms with Gasteiger partial charge in [0.15, 0.2) is 0 Å². The van der Waals surface area contributed by atoms with Gasteiger partial charge in [-0.05, 0) is 18.8 Å². The fraction of sp³-hybridized carbons (Fsp3) is 0.833. The fourth-order valence-electron chi connectivity index (χ4n) is 3.18. The second-order valence-electron chi connectivity index (χ2n) is 4.86. The predicted octanol–water partition coefficient (Wildman–Crippen LogP) is 2.29. The van der Waals surface area contributed by atoms with Gasteiger partial charge < -0.3 is 4.74 Å². The number of carbonyl (C=O) groups is 2. The molecule has 2 rings (SSSR count). The summed E-state index contributed by atoms with van der Waals surface area (Å²) in [6.45, 7) is 4.14. The maximum absolute atomic E-state index is 11.9. The number of carbonyl (C=O) groups excluding carboxylic acids is 2.